The lowest BCUT2D eigenvalue weighted by atomic mass is 10.1. The first-order valence-electron chi connectivity index (χ1n) is 6.58. The zero-order valence-electron chi connectivity index (χ0n) is 10.9. The highest BCUT2D eigenvalue weighted by atomic mass is 19.1. The van der Waals surface area contributed by atoms with E-state index in [9.17, 15) is 4.39 Å². The van der Waals surface area contributed by atoms with E-state index in [1.165, 1.54) is 23.5 Å². The number of fused-ring (bicyclic) bond motifs is 1. The Balaban J connectivity index is 1.89. The van der Waals surface area contributed by atoms with Crippen molar-refractivity contribution in [3.05, 3.63) is 59.9 Å². The first kappa shape index (κ1) is 12.0. The average Bonchev–Trinajstić information content (AvgIpc) is 2.44. The monoisotopic (exact) mass is 256 g/mol. The molecule has 2 aromatic carbocycles. The van der Waals surface area contributed by atoms with E-state index in [1.807, 2.05) is 18.2 Å². The SMILES string of the molecule is CC1CNc2ccccc2N1Cc1ccc(F)cc1. The molecular weight excluding hydrogens is 239 g/mol. The molecule has 1 N–H and O–H groups in total. The van der Waals surface area contributed by atoms with E-state index in [1.54, 1.807) is 0 Å². The zero-order valence-corrected chi connectivity index (χ0v) is 10.9. The first-order chi connectivity index (χ1) is 9.24. The van der Waals surface area contributed by atoms with E-state index in [0.717, 1.165) is 18.7 Å². The van der Waals surface area contributed by atoms with Crippen LogP contribution in [0.3, 0.4) is 0 Å². The van der Waals surface area contributed by atoms with E-state index in [4.69, 9.17) is 0 Å². The van der Waals surface area contributed by atoms with Crippen LogP contribution in [0.2, 0.25) is 0 Å². The topological polar surface area (TPSA) is 15.3 Å². The highest BCUT2D eigenvalue weighted by molar-refractivity contribution is 5.72. The average molecular weight is 256 g/mol. The van der Waals surface area contributed by atoms with Crippen LogP contribution in [0.15, 0.2) is 48.5 Å². The van der Waals surface area contributed by atoms with E-state index in [-0.39, 0.29) is 5.82 Å². The largest absolute Gasteiger partial charge is 0.381 e. The van der Waals surface area contributed by atoms with Gasteiger partial charge in [-0.3, -0.25) is 0 Å². The van der Waals surface area contributed by atoms with Gasteiger partial charge in [0, 0.05) is 19.1 Å². The van der Waals surface area contributed by atoms with Gasteiger partial charge in [0.25, 0.3) is 0 Å². The predicted molar refractivity (Wildman–Crippen MR) is 77.0 cm³/mol. The van der Waals surface area contributed by atoms with Gasteiger partial charge in [-0.1, -0.05) is 24.3 Å². The molecule has 0 fully saturated rings. The molecule has 2 nitrogen and oxygen atoms in total. The molecule has 1 aliphatic rings. The molecule has 1 aliphatic heterocycles. The fraction of sp³-hybridized carbons (Fsp3) is 0.250. The normalized spacial score (nSPS) is 17.8. The van der Waals surface area contributed by atoms with Crippen LogP contribution in [0.25, 0.3) is 0 Å². The molecule has 1 unspecified atom stereocenters. The number of rotatable bonds is 2. The summed E-state index contributed by atoms with van der Waals surface area (Å²) in [5.41, 5.74) is 3.51. The molecular formula is C16H17FN2. The summed E-state index contributed by atoms with van der Waals surface area (Å²) in [6, 6.07) is 15.5. The van der Waals surface area contributed by atoms with Crippen molar-refractivity contribution in [3.8, 4) is 0 Å². The minimum atomic E-state index is -0.183. The van der Waals surface area contributed by atoms with Crippen molar-refractivity contribution in [3.63, 3.8) is 0 Å². The van der Waals surface area contributed by atoms with Gasteiger partial charge < -0.3 is 10.2 Å². The molecule has 0 amide bonds. The molecule has 0 saturated carbocycles. The van der Waals surface area contributed by atoms with Crippen LogP contribution in [0.5, 0.6) is 0 Å². The highest BCUT2D eigenvalue weighted by Gasteiger charge is 2.22. The summed E-state index contributed by atoms with van der Waals surface area (Å²) in [6.07, 6.45) is 0. The smallest absolute Gasteiger partial charge is 0.123 e. The molecule has 1 atom stereocenters. The lowest BCUT2D eigenvalue weighted by molar-refractivity contribution is 0.622. The van der Waals surface area contributed by atoms with Gasteiger partial charge in [-0.05, 0) is 36.8 Å². The second kappa shape index (κ2) is 4.92. The Morgan fingerprint density at radius 1 is 1.16 bits per heavy atom. The van der Waals surface area contributed by atoms with Crippen molar-refractivity contribution in [1.82, 2.24) is 0 Å². The van der Waals surface area contributed by atoms with Crippen molar-refractivity contribution >= 4 is 11.4 Å². The van der Waals surface area contributed by atoms with E-state index in [2.05, 4.69) is 35.3 Å². The van der Waals surface area contributed by atoms with E-state index >= 15 is 0 Å². The molecule has 3 heteroatoms. The third-order valence-electron chi connectivity index (χ3n) is 3.60. The molecule has 1 heterocycles. The van der Waals surface area contributed by atoms with Crippen molar-refractivity contribution in [1.29, 1.82) is 0 Å². The van der Waals surface area contributed by atoms with Gasteiger partial charge >= 0.3 is 0 Å². The van der Waals surface area contributed by atoms with Crippen LogP contribution in [-0.2, 0) is 6.54 Å². The predicted octanol–water partition coefficient (Wildman–Crippen LogP) is 3.65. The number of hydrogen-bond acceptors (Lipinski definition) is 2. The fourth-order valence-corrected chi connectivity index (χ4v) is 2.51. The number of halogens is 1. The van der Waals surface area contributed by atoms with Gasteiger partial charge in [-0.15, -0.1) is 0 Å². The first-order valence-corrected chi connectivity index (χ1v) is 6.58. The number of anilines is 2. The number of para-hydroxylation sites is 2. The highest BCUT2D eigenvalue weighted by Crippen LogP contribution is 2.32. The molecule has 19 heavy (non-hydrogen) atoms. The molecule has 2 aromatic rings. The molecule has 3 rings (SSSR count). The summed E-state index contributed by atoms with van der Waals surface area (Å²) in [7, 11) is 0. The standard InChI is InChI=1S/C16H17FN2/c1-12-10-18-15-4-2-3-5-16(15)19(12)11-13-6-8-14(17)9-7-13/h2-9,12,18H,10-11H2,1H3. The Labute approximate surface area is 112 Å². The van der Waals surface area contributed by atoms with Gasteiger partial charge in [0.05, 0.1) is 11.4 Å². The number of hydrogen-bond donors (Lipinski definition) is 1. The van der Waals surface area contributed by atoms with Crippen LogP contribution in [0.4, 0.5) is 15.8 Å². The van der Waals surface area contributed by atoms with Crippen LogP contribution >= 0.6 is 0 Å². The summed E-state index contributed by atoms with van der Waals surface area (Å²) >= 11 is 0. The Bertz CT molecular complexity index is 565. The maximum absolute atomic E-state index is 13.0. The summed E-state index contributed by atoms with van der Waals surface area (Å²) in [5, 5.41) is 3.44. The molecule has 0 saturated heterocycles. The molecule has 0 spiro atoms. The van der Waals surface area contributed by atoms with Crippen LogP contribution < -0.4 is 10.2 Å². The maximum atomic E-state index is 13.0. The lowest BCUT2D eigenvalue weighted by Gasteiger charge is -2.37. The number of benzene rings is 2. The maximum Gasteiger partial charge on any atom is 0.123 e. The minimum Gasteiger partial charge on any atom is -0.381 e. The zero-order chi connectivity index (χ0) is 13.2. The molecule has 0 aliphatic carbocycles. The fourth-order valence-electron chi connectivity index (χ4n) is 2.51. The third kappa shape index (κ3) is 2.41. The third-order valence-corrected chi connectivity index (χ3v) is 3.60. The number of nitrogens with zero attached hydrogens (tertiary/aromatic N) is 1. The Morgan fingerprint density at radius 2 is 1.89 bits per heavy atom. The summed E-state index contributed by atoms with van der Waals surface area (Å²) in [5.74, 6) is -0.183. The van der Waals surface area contributed by atoms with Crippen LogP contribution in [-0.4, -0.2) is 12.6 Å². The van der Waals surface area contributed by atoms with Crippen molar-refractivity contribution in [2.75, 3.05) is 16.8 Å². The van der Waals surface area contributed by atoms with Gasteiger partial charge in [0.2, 0.25) is 0 Å². The van der Waals surface area contributed by atoms with Gasteiger partial charge in [0.15, 0.2) is 0 Å². The summed E-state index contributed by atoms with van der Waals surface area (Å²) < 4.78 is 13.0. The second-order valence-corrected chi connectivity index (χ2v) is 5.00. The minimum absolute atomic E-state index is 0.183. The molecule has 0 radical (unpaired) electrons. The van der Waals surface area contributed by atoms with Gasteiger partial charge in [-0.25, -0.2) is 4.39 Å². The van der Waals surface area contributed by atoms with Crippen molar-refractivity contribution in [2.24, 2.45) is 0 Å². The molecule has 0 bridgehead atoms. The van der Waals surface area contributed by atoms with Crippen molar-refractivity contribution < 1.29 is 4.39 Å². The quantitative estimate of drug-likeness (QED) is 0.882. The Morgan fingerprint density at radius 3 is 2.68 bits per heavy atom. The van der Waals surface area contributed by atoms with Crippen molar-refractivity contribution in [2.45, 2.75) is 19.5 Å². The van der Waals surface area contributed by atoms with E-state index < -0.39 is 0 Å². The van der Waals surface area contributed by atoms with Crippen LogP contribution in [0, 0.1) is 5.82 Å². The lowest BCUT2D eigenvalue weighted by Crippen LogP contribution is -2.41. The Kier molecular flexibility index (Phi) is 3.11. The molecule has 98 valence electrons. The van der Waals surface area contributed by atoms with Gasteiger partial charge in [-0.2, -0.15) is 0 Å². The number of nitrogens with one attached hydrogen (secondary N) is 1. The molecule has 0 aromatic heterocycles. The van der Waals surface area contributed by atoms with E-state index in [0.29, 0.717) is 6.04 Å². The summed E-state index contributed by atoms with van der Waals surface area (Å²) in [6.45, 7) is 3.94. The summed E-state index contributed by atoms with van der Waals surface area (Å²) in [4.78, 5) is 2.36. The second-order valence-electron chi connectivity index (χ2n) is 5.00. The van der Waals surface area contributed by atoms with Gasteiger partial charge in [0.1, 0.15) is 5.82 Å². The Hall–Kier alpha value is -2.03. The van der Waals surface area contributed by atoms with Crippen LogP contribution in [0.1, 0.15) is 12.5 Å².